The number of amides is 2. The molecule has 0 aliphatic carbocycles. The van der Waals surface area contributed by atoms with Gasteiger partial charge in [-0.3, -0.25) is 4.79 Å². The van der Waals surface area contributed by atoms with Gasteiger partial charge < -0.3 is 25.3 Å². The summed E-state index contributed by atoms with van der Waals surface area (Å²) < 4.78 is 4.88. The van der Waals surface area contributed by atoms with Crippen LogP contribution in [0.2, 0.25) is 0 Å². The van der Waals surface area contributed by atoms with Crippen molar-refractivity contribution in [2.24, 2.45) is 0 Å². The van der Waals surface area contributed by atoms with Crippen LogP contribution in [0.5, 0.6) is 0 Å². The Kier molecular flexibility index (Phi) is 6.51. The van der Waals surface area contributed by atoms with Crippen molar-refractivity contribution in [1.29, 1.82) is 0 Å². The molecule has 0 radical (unpaired) electrons. The first-order valence-corrected chi connectivity index (χ1v) is 4.58. The standard InChI is InChI=1S/C9H15N2O5.Fm/c1-9(2,3)16-8(15)10-4-6(7(13)14)11-5-12;/h6H,4H2,1-3H3,(H,10,15)(H,11,12)(H,13,14);/q-1;. The normalized spacial score (nSPS) is 11.7. The summed E-state index contributed by atoms with van der Waals surface area (Å²) in [6.07, 6.45) is 0.504. The van der Waals surface area contributed by atoms with Gasteiger partial charge in [-0.25, -0.2) is 4.79 Å². The summed E-state index contributed by atoms with van der Waals surface area (Å²) in [5.41, 5.74) is -0.660. The van der Waals surface area contributed by atoms with E-state index in [0.29, 0.717) is 0 Å². The Labute approximate surface area is 93.2 Å². The van der Waals surface area contributed by atoms with Crippen LogP contribution in [-0.2, 0) is 14.3 Å². The van der Waals surface area contributed by atoms with E-state index in [1.165, 1.54) is 6.41 Å². The van der Waals surface area contributed by atoms with Crippen LogP contribution in [0.1, 0.15) is 20.8 Å². The topological polar surface area (TPSA) is 105 Å². The van der Waals surface area contributed by atoms with Gasteiger partial charge in [-0.15, -0.1) is 0 Å². The molecule has 2 amide bonds. The molecular weight excluding hydrogens is 473 g/mol. The fourth-order valence-corrected chi connectivity index (χ4v) is 0.771. The number of rotatable bonds is 5. The summed E-state index contributed by atoms with van der Waals surface area (Å²) >= 11 is 0. The first kappa shape index (κ1) is 16.6. The molecule has 3 N–H and O–H groups in total. The van der Waals surface area contributed by atoms with Crippen LogP contribution in [0.15, 0.2) is 0 Å². The Bertz CT molecular complexity index is 277. The molecule has 0 saturated carbocycles. The summed E-state index contributed by atoms with van der Waals surface area (Å²) in [5.74, 6) is -1.26. The second-order valence-electron chi connectivity index (χ2n) is 4.02. The molecule has 0 fully saturated rings. The van der Waals surface area contributed by atoms with E-state index < -0.39 is 23.7 Å². The van der Waals surface area contributed by atoms with E-state index in [1.807, 2.05) is 5.32 Å². The van der Waals surface area contributed by atoms with Crippen LogP contribution >= 0.6 is 0 Å². The maximum Gasteiger partial charge on any atom is 0.407 e. The molecule has 0 rings (SSSR count). The number of alkyl carbamates (subject to hydrolysis) is 1. The van der Waals surface area contributed by atoms with Gasteiger partial charge in [0.25, 0.3) is 0 Å². The van der Waals surface area contributed by atoms with Crippen molar-refractivity contribution in [3.63, 3.8) is 0 Å². The van der Waals surface area contributed by atoms with Crippen LogP contribution < -0.4 is 10.6 Å². The van der Waals surface area contributed by atoms with Crippen molar-refractivity contribution in [1.82, 2.24) is 10.6 Å². The number of hydrogen-bond acceptors (Lipinski definition) is 4. The third kappa shape index (κ3) is 8.22. The maximum atomic E-state index is 11.1. The molecule has 0 aliphatic heterocycles. The van der Waals surface area contributed by atoms with Gasteiger partial charge in [0.1, 0.15) is 11.6 Å². The monoisotopic (exact) mass is 488 g/mol. The number of carboxylic acid groups (broad SMARTS) is 1. The number of aliphatic carboxylic acids is 1. The fourth-order valence-electron chi connectivity index (χ4n) is 0.771. The average Bonchev–Trinajstić information content (AvgIpc) is 2.08. The van der Waals surface area contributed by atoms with Crippen molar-refractivity contribution in [3.05, 3.63) is 0 Å². The Morgan fingerprint density at radius 1 is 1.41 bits per heavy atom. The maximum absolute atomic E-state index is 11.1. The van der Waals surface area contributed by atoms with Crippen LogP contribution in [0.3, 0.4) is 0 Å². The quantitative estimate of drug-likeness (QED) is 0.362. The molecule has 8 heteroatoms. The van der Waals surface area contributed by atoms with Crippen molar-refractivity contribution < 1.29 is 24.2 Å². The van der Waals surface area contributed by atoms with Gasteiger partial charge in [-0.2, -0.15) is 6.41 Å². The van der Waals surface area contributed by atoms with E-state index >= 15 is 0 Å². The van der Waals surface area contributed by atoms with E-state index in [-0.39, 0.29) is 6.54 Å². The van der Waals surface area contributed by atoms with E-state index in [9.17, 15) is 14.4 Å². The third-order valence-electron chi connectivity index (χ3n) is 1.38. The minimum Gasteiger partial charge on any atom is -0.520 e. The van der Waals surface area contributed by atoms with Crippen LogP contribution in [0.25, 0.3) is 0 Å². The minimum atomic E-state index is -1.26. The van der Waals surface area contributed by atoms with Crippen molar-refractivity contribution >= 4 is 18.5 Å². The molecule has 1 unspecified atom stereocenters. The first-order chi connectivity index (χ1) is 7.26. The van der Waals surface area contributed by atoms with Gasteiger partial charge >= 0.3 is 12.1 Å². The van der Waals surface area contributed by atoms with E-state index in [4.69, 9.17) is 9.84 Å². The molecule has 0 spiro atoms. The molecule has 0 saturated heterocycles. The summed E-state index contributed by atoms with van der Waals surface area (Å²) in [5, 5.41) is 12.8. The molecular formula is C9H15FmN2O5-. The van der Waals surface area contributed by atoms with E-state index in [0.717, 1.165) is 0 Å². The average molecular weight is 488 g/mol. The predicted molar refractivity (Wildman–Crippen MR) is 54.5 cm³/mol. The van der Waals surface area contributed by atoms with Crippen molar-refractivity contribution in [2.75, 3.05) is 6.54 Å². The van der Waals surface area contributed by atoms with Crippen LogP contribution in [0, 0.1) is 0 Å². The van der Waals surface area contributed by atoms with Gasteiger partial charge in [-0.05, 0) is 20.8 Å². The zero-order chi connectivity index (χ0) is 12.8. The molecule has 0 aromatic carbocycles. The Morgan fingerprint density at radius 2 is 1.94 bits per heavy atom. The summed E-state index contributed by atoms with van der Waals surface area (Å²) in [4.78, 5) is 31.6. The molecule has 17 heavy (non-hydrogen) atoms. The minimum absolute atomic E-state index is 0. The van der Waals surface area contributed by atoms with Gasteiger partial charge in [-0.1, -0.05) is 0 Å². The molecule has 7 nitrogen and oxygen atoms in total. The van der Waals surface area contributed by atoms with Gasteiger partial charge in [0.15, 0.2) is 0 Å². The number of hydrogen-bond donors (Lipinski definition) is 3. The SMILES string of the molecule is CC(C)(C)OC(=O)NCC(N[C-]=O)C(=O)O.[Fm]. The first-order valence-electron chi connectivity index (χ1n) is 4.58. The van der Waals surface area contributed by atoms with Crippen LogP contribution in [0.4, 0.5) is 4.79 Å². The largest absolute Gasteiger partial charge is 0.520 e. The number of carbonyl (C=O) groups is 2. The fraction of sp³-hybridized carbons (Fsp3) is 0.667. The smallest absolute Gasteiger partial charge is 0.407 e. The van der Waals surface area contributed by atoms with Crippen LogP contribution in [-0.4, -0.2) is 41.8 Å². The summed E-state index contributed by atoms with van der Waals surface area (Å²) in [6, 6.07) is -1.22. The zero-order valence-electron chi connectivity index (χ0n) is 9.65. The summed E-state index contributed by atoms with van der Waals surface area (Å²) in [7, 11) is 0. The van der Waals surface area contributed by atoms with E-state index in [1.54, 1.807) is 20.8 Å². The second-order valence-corrected chi connectivity index (χ2v) is 4.02. The molecule has 104 valence electrons. The molecule has 0 aliphatic rings. The summed E-state index contributed by atoms with van der Waals surface area (Å²) in [6.45, 7) is 4.77. The Hall–Kier alpha value is -2.79. The molecule has 0 bridgehead atoms. The van der Waals surface area contributed by atoms with Gasteiger partial charge in [0.2, 0.25) is 0 Å². The third-order valence-corrected chi connectivity index (χ3v) is 1.38. The number of ether oxygens (including phenoxy) is 1. The molecule has 1 atom stereocenters. The van der Waals surface area contributed by atoms with Crippen molar-refractivity contribution in [2.45, 2.75) is 32.4 Å². The van der Waals surface area contributed by atoms with Gasteiger partial charge in [0.05, 0.1) is 0 Å². The number of carbonyl (C=O) groups excluding carboxylic acids is 2. The molecule has 0 aromatic heterocycles. The number of carboxylic acids is 1. The Balaban J connectivity index is 0. The van der Waals surface area contributed by atoms with Gasteiger partial charge in [0, 0.05) is 6.54 Å². The Morgan fingerprint density at radius 3 is 2.29 bits per heavy atom. The molecule has 0 heterocycles. The predicted octanol–water partition coefficient (Wildman–Crippen LogP) is -0.379. The van der Waals surface area contributed by atoms with E-state index in [2.05, 4.69) is 5.32 Å². The second kappa shape index (κ2) is 6.65. The molecule has 0 aromatic rings. The number of nitrogens with one attached hydrogen (secondary N) is 2. The van der Waals surface area contributed by atoms with Crippen molar-refractivity contribution in [3.8, 4) is 0 Å². The zero-order valence-corrected chi connectivity index (χ0v) is 12.1.